The van der Waals surface area contributed by atoms with E-state index in [0.29, 0.717) is 6.54 Å². The first-order valence-corrected chi connectivity index (χ1v) is 11.5. The van der Waals surface area contributed by atoms with Gasteiger partial charge in [0, 0.05) is 43.0 Å². The van der Waals surface area contributed by atoms with Crippen molar-refractivity contribution in [2.75, 3.05) is 51.3 Å². The van der Waals surface area contributed by atoms with Gasteiger partial charge in [0.25, 0.3) is 0 Å². The second-order valence-corrected chi connectivity index (χ2v) is 9.33. The van der Waals surface area contributed by atoms with Crippen LogP contribution in [0.2, 0.25) is 0 Å². The van der Waals surface area contributed by atoms with E-state index < -0.39 is 0 Å². The van der Waals surface area contributed by atoms with Crippen molar-refractivity contribution in [1.82, 2.24) is 14.7 Å². The third kappa shape index (κ3) is 4.11. The predicted octanol–water partition coefficient (Wildman–Crippen LogP) is 3.79. The Kier molecular flexibility index (Phi) is 5.86. The summed E-state index contributed by atoms with van der Waals surface area (Å²) in [6.07, 6.45) is 3.02. The molecule has 0 unspecified atom stereocenters. The zero-order valence-corrected chi connectivity index (χ0v) is 18.5. The van der Waals surface area contributed by atoms with Crippen molar-refractivity contribution in [3.8, 4) is 0 Å². The van der Waals surface area contributed by atoms with Gasteiger partial charge in [0.15, 0.2) is 0 Å². The van der Waals surface area contributed by atoms with E-state index in [1.165, 1.54) is 18.2 Å². The number of anilines is 2. The summed E-state index contributed by atoms with van der Waals surface area (Å²) in [5.74, 6) is -0.00569. The summed E-state index contributed by atoms with van der Waals surface area (Å²) >= 11 is 0. The SMILES string of the molecule is CN1CC(=O)N(CCCCN2CC[C@@H]3[C@@H](C2)c2cc(F)ccc2N3c2ccc(F)cc2)C1. The van der Waals surface area contributed by atoms with Crippen LogP contribution in [0, 0.1) is 11.6 Å². The van der Waals surface area contributed by atoms with Gasteiger partial charge in [-0.3, -0.25) is 9.69 Å². The van der Waals surface area contributed by atoms with Gasteiger partial charge in [-0.25, -0.2) is 8.78 Å². The zero-order chi connectivity index (χ0) is 22.2. The Labute approximate surface area is 188 Å². The van der Waals surface area contributed by atoms with Crippen LogP contribution < -0.4 is 4.90 Å². The fraction of sp³-hybridized carbons (Fsp3) is 0.480. The lowest BCUT2D eigenvalue weighted by atomic mass is 9.89. The highest BCUT2D eigenvalue weighted by Crippen LogP contribution is 2.48. The molecule has 1 amide bonds. The van der Waals surface area contributed by atoms with E-state index in [4.69, 9.17) is 0 Å². The first-order chi connectivity index (χ1) is 15.5. The zero-order valence-electron chi connectivity index (χ0n) is 18.5. The average Bonchev–Trinajstić information content (AvgIpc) is 3.27. The summed E-state index contributed by atoms with van der Waals surface area (Å²) in [6, 6.07) is 11.9. The van der Waals surface area contributed by atoms with E-state index in [-0.39, 0.29) is 29.5 Å². The number of piperidine rings is 1. The Morgan fingerprint density at radius 3 is 2.50 bits per heavy atom. The standard InChI is InChI=1S/C25H30F2N4O/c1-28-16-25(32)30(17-28)12-3-2-11-29-13-10-24-22(15-29)21-14-19(27)6-9-23(21)31(24)20-7-4-18(26)5-8-20/h4-9,14,22,24H,2-3,10-13,15-17H2,1H3/t22-,24+/m0/s1. The number of hydrogen-bond acceptors (Lipinski definition) is 4. The molecule has 3 heterocycles. The number of halogens is 2. The van der Waals surface area contributed by atoms with Crippen LogP contribution >= 0.6 is 0 Å². The van der Waals surface area contributed by atoms with Gasteiger partial charge in [-0.05, 0) is 80.9 Å². The summed E-state index contributed by atoms with van der Waals surface area (Å²) < 4.78 is 27.6. The summed E-state index contributed by atoms with van der Waals surface area (Å²) in [5.41, 5.74) is 3.04. The number of amides is 1. The normalized spacial score (nSPS) is 23.7. The van der Waals surface area contributed by atoms with Crippen molar-refractivity contribution in [3.63, 3.8) is 0 Å². The number of benzene rings is 2. The minimum Gasteiger partial charge on any atom is -0.337 e. The first-order valence-electron chi connectivity index (χ1n) is 11.5. The van der Waals surface area contributed by atoms with Gasteiger partial charge in [0.2, 0.25) is 5.91 Å². The molecule has 2 aromatic rings. The lowest BCUT2D eigenvalue weighted by Crippen LogP contribution is -2.45. The minimum absolute atomic E-state index is 0.208. The van der Waals surface area contributed by atoms with Crippen molar-refractivity contribution in [2.24, 2.45) is 0 Å². The van der Waals surface area contributed by atoms with E-state index in [1.807, 2.05) is 35.0 Å². The lowest BCUT2D eigenvalue weighted by Gasteiger charge is -2.39. The van der Waals surface area contributed by atoms with Crippen LogP contribution in [0.5, 0.6) is 0 Å². The maximum absolute atomic E-state index is 14.1. The molecule has 3 aliphatic heterocycles. The lowest BCUT2D eigenvalue weighted by molar-refractivity contribution is -0.126. The Balaban J connectivity index is 1.24. The van der Waals surface area contributed by atoms with E-state index >= 15 is 0 Å². The van der Waals surface area contributed by atoms with Crippen molar-refractivity contribution >= 4 is 17.3 Å². The van der Waals surface area contributed by atoms with Gasteiger partial charge in [-0.1, -0.05) is 0 Å². The maximum Gasteiger partial charge on any atom is 0.237 e. The number of unbranched alkanes of at least 4 members (excludes halogenated alkanes) is 1. The Bertz CT molecular complexity index is 982. The largest absolute Gasteiger partial charge is 0.337 e. The molecule has 0 radical (unpaired) electrons. The molecule has 0 saturated carbocycles. The van der Waals surface area contributed by atoms with E-state index in [0.717, 1.165) is 69.0 Å². The Hall–Kier alpha value is -2.51. The monoisotopic (exact) mass is 440 g/mol. The molecular weight excluding hydrogens is 410 g/mol. The van der Waals surface area contributed by atoms with Crippen LogP contribution in [0.15, 0.2) is 42.5 Å². The van der Waals surface area contributed by atoms with Crippen LogP contribution in [-0.2, 0) is 4.79 Å². The van der Waals surface area contributed by atoms with Gasteiger partial charge in [-0.15, -0.1) is 0 Å². The Morgan fingerprint density at radius 1 is 1.00 bits per heavy atom. The van der Waals surface area contributed by atoms with Gasteiger partial charge in [0.1, 0.15) is 11.6 Å². The fourth-order valence-electron chi connectivity index (χ4n) is 5.56. The molecule has 32 heavy (non-hydrogen) atoms. The van der Waals surface area contributed by atoms with Crippen LogP contribution in [-0.4, -0.2) is 73.1 Å². The molecule has 7 heteroatoms. The van der Waals surface area contributed by atoms with Crippen molar-refractivity contribution in [1.29, 1.82) is 0 Å². The number of nitrogens with zero attached hydrogens (tertiary/aromatic N) is 4. The van der Waals surface area contributed by atoms with Crippen LogP contribution in [0.3, 0.4) is 0 Å². The van der Waals surface area contributed by atoms with Crippen molar-refractivity contribution in [2.45, 2.75) is 31.2 Å². The fourth-order valence-corrected chi connectivity index (χ4v) is 5.56. The first kappa shape index (κ1) is 21.3. The molecule has 0 aliphatic carbocycles. The number of fused-ring (bicyclic) bond motifs is 3. The third-order valence-electron chi connectivity index (χ3n) is 7.07. The summed E-state index contributed by atoms with van der Waals surface area (Å²) in [4.78, 5) is 20.6. The number of rotatable bonds is 6. The third-order valence-corrected chi connectivity index (χ3v) is 7.07. The van der Waals surface area contributed by atoms with Crippen LogP contribution in [0.25, 0.3) is 0 Å². The molecule has 2 aromatic carbocycles. The number of carbonyl (C=O) groups excluding carboxylic acids is 1. The second kappa shape index (κ2) is 8.79. The van der Waals surface area contributed by atoms with Gasteiger partial charge in [-0.2, -0.15) is 0 Å². The van der Waals surface area contributed by atoms with Crippen LogP contribution in [0.4, 0.5) is 20.2 Å². The smallest absolute Gasteiger partial charge is 0.237 e. The number of likely N-dealkylation sites (tertiary alicyclic amines) is 1. The molecule has 5 nitrogen and oxygen atoms in total. The molecule has 0 aromatic heterocycles. The van der Waals surface area contributed by atoms with Gasteiger partial charge in [0.05, 0.1) is 13.2 Å². The molecule has 170 valence electrons. The minimum atomic E-state index is -0.249. The molecule has 5 rings (SSSR count). The van der Waals surface area contributed by atoms with E-state index in [9.17, 15) is 13.6 Å². The molecule has 2 saturated heterocycles. The topological polar surface area (TPSA) is 30.0 Å². The molecule has 0 bridgehead atoms. The van der Waals surface area contributed by atoms with Crippen molar-refractivity contribution in [3.05, 3.63) is 59.7 Å². The molecule has 0 spiro atoms. The maximum atomic E-state index is 14.1. The predicted molar refractivity (Wildman–Crippen MR) is 121 cm³/mol. The van der Waals surface area contributed by atoms with Crippen molar-refractivity contribution < 1.29 is 13.6 Å². The number of likely N-dealkylation sites (N-methyl/N-ethyl adjacent to an activating group) is 1. The summed E-state index contributed by atoms with van der Waals surface area (Å²) in [6.45, 7) is 4.94. The Morgan fingerprint density at radius 2 is 1.75 bits per heavy atom. The second-order valence-electron chi connectivity index (χ2n) is 9.33. The molecule has 2 fully saturated rings. The van der Waals surface area contributed by atoms with E-state index in [2.05, 4.69) is 9.80 Å². The van der Waals surface area contributed by atoms with E-state index in [1.54, 1.807) is 6.07 Å². The van der Waals surface area contributed by atoms with Gasteiger partial charge >= 0.3 is 0 Å². The summed E-state index contributed by atoms with van der Waals surface area (Å²) in [7, 11) is 1.97. The molecular formula is C25H30F2N4O. The van der Waals surface area contributed by atoms with Crippen LogP contribution in [0.1, 0.15) is 30.7 Å². The van der Waals surface area contributed by atoms with Gasteiger partial charge < -0.3 is 14.7 Å². The number of carbonyl (C=O) groups is 1. The highest BCUT2D eigenvalue weighted by atomic mass is 19.1. The molecule has 3 aliphatic rings. The summed E-state index contributed by atoms with van der Waals surface area (Å²) in [5, 5.41) is 0. The molecule has 0 N–H and O–H groups in total. The highest BCUT2D eigenvalue weighted by Gasteiger charge is 2.42. The quantitative estimate of drug-likeness (QED) is 0.640. The molecule has 2 atom stereocenters. The average molecular weight is 441 g/mol. The number of hydrogen-bond donors (Lipinski definition) is 0. The highest BCUT2D eigenvalue weighted by molar-refractivity contribution is 5.80.